The van der Waals surface area contributed by atoms with Crippen molar-refractivity contribution in [3.05, 3.63) is 102 Å². The molecule has 6 nitrogen and oxygen atoms in total. The molecule has 0 aliphatic carbocycles. The zero-order valence-electron chi connectivity index (χ0n) is 16.4. The second-order valence-corrected chi connectivity index (χ2v) is 6.82. The first-order chi connectivity index (χ1) is 14.5. The van der Waals surface area contributed by atoms with Gasteiger partial charge in [-0.25, -0.2) is 4.79 Å². The van der Waals surface area contributed by atoms with E-state index in [0.717, 1.165) is 11.1 Å². The predicted octanol–water partition coefficient (Wildman–Crippen LogP) is 3.66. The highest BCUT2D eigenvalue weighted by Crippen LogP contribution is 2.29. The van der Waals surface area contributed by atoms with Gasteiger partial charge in [0.2, 0.25) is 5.91 Å². The molecule has 3 aromatic rings. The van der Waals surface area contributed by atoms with Crippen LogP contribution in [-0.2, 0) is 9.59 Å². The third kappa shape index (κ3) is 4.91. The number of para-hydroxylation sites is 1. The van der Waals surface area contributed by atoms with Gasteiger partial charge in [0, 0.05) is 12.8 Å². The van der Waals surface area contributed by atoms with Gasteiger partial charge in [-0.3, -0.25) is 9.59 Å². The van der Waals surface area contributed by atoms with E-state index in [-0.39, 0.29) is 11.5 Å². The lowest BCUT2D eigenvalue weighted by Crippen LogP contribution is -2.45. The van der Waals surface area contributed by atoms with Gasteiger partial charge >= 0.3 is 5.97 Å². The van der Waals surface area contributed by atoms with Crippen molar-refractivity contribution >= 4 is 23.5 Å². The molecule has 0 aliphatic rings. The van der Waals surface area contributed by atoms with Crippen LogP contribution in [0.3, 0.4) is 0 Å². The molecule has 152 valence electrons. The monoisotopic (exact) mass is 402 g/mol. The van der Waals surface area contributed by atoms with Crippen molar-refractivity contribution in [1.29, 1.82) is 0 Å². The third-order valence-corrected chi connectivity index (χ3v) is 4.69. The van der Waals surface area contributed by atoms with Gasteiger partial charge in [0.25, 0.3) is 5.91 Å². The molecule has 6 heteroatoms. The van der Waals surface area contributed by atoms with Gasteiger partial charge in [-0.2, -0.15) is 0 Å². The average molecular weight is 402 g/mol. The number of carboxylic acid groups (broad SMARTS) is 1. The van der Waals surface area contributed by atoms with Crippen molar-refractivity contribution in [2.75, 3.05) is 5.32 Å². The van der Waals surface area contributed by atoms with Crippen LogP contribution in [-0.4, -0.2) is 28.9 Å². The molecule has 3 rings (SSSR count). The van der Waals surface area contributed by atoms with Crippen LogP contribution in [0, 0.1) is 0 Å². The number of amides is 2. The summed E-state index contributed by atoms with van der Waals surface area (Å²) in [5.74, 6) is -2.65. The lowest BCUT2D eigenvalue weighted by atomic mass is 9.85. The number of rotatable bonds is 7. The van der Waals surface area contributed by atoms with Crippen LogP contribution in [0.4, 0.5) is 5.69 Å². The number of nitrogens with one attached hydrogen (secondary N) is 2. The molecule has 2 amide bonds. The Hall–Kier alpha value is -3.93. The summed E-state index contributed by atoms with van der Waals surface area (Å²) in [6, 6.07) is 23.6. The first-order valence-electron chi connectivity index (χ1n) is 9.47. The van der Waals surface area contributed by atoms with Gasteiger partial charge in [0.15, 0.2) is 0 Å². The summed E-state index contributed by atoms with van der Waals surface area (Å²) in [6.45, 7) is 1.34. The maximum atomic E-state index is 13.0. The minimum absolute atomic E-state index is 0.193. The molecule has 0 spiro atoms. The number of anilines is 1. The summed E-state index contributed by atoms with van der Waals surface area (Å²) in [5, 5.41) is 15.2. The van der Waals surface area contributed by atoms with Crippen LogP contribution in [0.2, 0.25) is 0 Å². The maximum Gasteiger partial charge on any atom is 0.327 e. The van der Waals surface area contributed by atoms with Crippen molar-refractivity contribution in [3.63, 3.8) is 0 Å². The van der Waals surface area contributed by atoms with E-state index in [1.807, 2.05) is 60.7 Å². The Morgan fingerprint density at radius 1 is 0.767 bits per heavy atom. The number of carbonyl (C=O) groups is 3. The van der Waals surface area contributed by atoms with Crippen LogP contribution >= 0.6 is 0 Å². The zero-order chi connectivity index (χ0) is 21.5. The van der Waals surface area contributed by atoms with E-state index in [1.165, 1.54) is 6.92 Å². The van der Waals surface area contributed by atoms with Gasteiger partial charge in [0.05, 0.1) is 11.3 Å². The molecule has 0 aliphatic heterocycles. The maximum absolute atomic E-state index is 13.0. The lowest BCUT2D eigenvalue weighted by molar-refractivity contribution is -0.139. The minimum atomic E-state index is -1.22. The Morgan fingerprint density at radius 3 is 1.77 bits per heavy atom. The lowest BCUT2D eigenvalue weighted by Gasteiger charge is -2.26. The van der Waals surface area contributed by atoms with Gasteiger partial charge in [-0.1, -0.05) is 72.8 Å². The van der Waals surface area contributed by atoms with E-state index in [1.54, 1.807) is 24.3 Å². The summed E-state index contributed by atoms with van der Waals surface area (Å²) in [7, 11) is 0. The standard InChI is InChI=1S/C24H22N2O4/c1-16(27)25-20-15-9-8-14-19(20)23(28)26-22(24(29)30)21(17-10-4-2-5-11-17)18-12-6-3-7-13-18/h2-15,21-22H,1H3,(H,25,27)(H,26,28)(H,29,30)/t22-/m0/s1. The fraction of sp³-hybridized carbons (Fsp3) is 0.125. The highest BCUT2D eigenvalue weighted by atomic mass is 16.4. The summed E-state index contributed by atoms with van der Waals surface area (Å²) in [5.41, 5.74) is 2.06. The number of benzene rings is 3. The third-order valence-electron chi connectivity index (χ3n) is 4.69. The number of hydrogen-bond acceptors (Lipinski definition) is 3. The molecule has 0 saturated carbocycles. The molecule has 0 unspecified atom stereocenters. The van der Waals surface area contributed by atoms with E-state index in [9.17, 15) is 19.5 Å². The highest BCUT2D eigenvalue weighted by molar-refractivity contribution is 6.04. The second-order valence-electron chi connectivity index (χ2n) is 6.82. The summed E-state index contributed by atoms with van der Waals surface area (Å²) < 4.78 is 0. The van der Waals surface area contributed by atoms with Crippen molar-refractivity contribution in [2.24, 2.45) is 0 Å². The highest BCUT2D eigenvalue weighted by Gasteiger charge is 2.33. The van der Waals surface area contributed by atoms with E-state index in [0.29, 0.717) is 5.69 Å². The molecule has 1 atom stereocenters. The molecular weight excluding hydrogens is 380 g/mol. The second kappa shape index (κ2) is 9.52. The molecular formula is C24H22N2O4. The summed E-state index contributed by atoms with van der Waals surface area (Å²) in [4.78, 5) is 36.7. The van der Waals surface area contributed by atoms with E-state index in [4.69, 9.17) is 0 Å². The predicted molar refractivity (Wildman–Crippen MR) is 114 cm³/mol. The van der Waals surface area contributed by atoms with Crippen LogP contribution in [0.15, 0.2) is 84.9 Å². The van der Waals surface area contributed by atoms with Gasteiger partial charge < -0.3 is 15.7 Å². The number of aliphatic carboxylic acids is 1. The fourth-order valence-electron chi connectivity index (χ4n) is 3.38. The topological polar surface area (TPSA) is 95.5 Å². The van der Waals surface area contributed by atoms with Gasteiger partial charge in [-0.15, -0.1) is 0 Å². The zero-order valence-corrected chi connectivity index (χ0v) is 16.4. The van der Waals surface area contributed by atoms with Crippen LogP contribution < -0.4 is 10.6 Å². The molecule has 3 N–H and O–H groups in total. The summed E-state index contributed by atoms with van der Waals surface area (Å²) in [6.07, 6.45) is 0. The fourth-order valence-corrected chi connectivity index (χ4v) is 3.38. The number of carboxylic acids is 1. The van der Waals surface area contributed by atoms with Gasteiger partial charge in [0.1, 0.15) is 6.04 Å². The molecule has 0 aromatic heterocycles. The van der Waals surface area contributed by atoms with E-state index >= 15 is 0 Å². The molecule has 0 bridgehead atoms. The first-order valence-corrected chi connectivity index (χ1v) is 9.47. The minimum Gasteiger partial charge on any atom is -0.480 e. The largest absolute Gasteiger partial charge is 0.480 e. The molecule has 0 heterocycles. The Kier molecular flexibility index (Phi) is 6.60. The summed E-state index contributed by atoms with van der Waals surface area (Å²) >= 11 is 0. The number of carbonyl (C=O) groups excluding carboxylic acids is 2. The van der Waals surface area contributed by atoms with E-state index in [2.05, 4.69) is 10.6 Å². The molecule has 0 saturated heterocycles. The van der Waals surface area contributed by atoms with Crippen molar-refractivity contribution in [3.8, 4) is 0 Å². The van der Waals surface area contributed by atoms with Crippen molar-refractivity contribution in [2.45, 2.75) is 18.9 Å². The Labute approximate surface area is 174 Å². The Balaban J connectivity index is 1.99. The van der Waals surface area contributed by atoms with Crippen molar-refractivity contribution in [1.82, 2.24) is 5.32 Å². The molecule has 30 heavy (non-hydrogen) atoms. The molecule has 3 aromatic carbocycles. The SMILES string of the molecule is CC(=O)Nc1ccccc1C(=O)N[C@H](C(=O)O)C(c1ccccc1)c1ccccc1. The quantitative estimate of drug-likeness (QED) is 0.562. The Bertz CT molecular complexity index is 996. The molecule has 0 fully saturated rings. The molecule has 0 radical (unpaired) electrons. The average Bonchev–Trinajstić information content (AvgIpc) is 2.74. The van der Waals surface area contributed by atoms with Gasteiger partial charge in [-0.05, 0) is 23.3 Å². The number of hydrogen-bond donors (Lipinski definition) is 3. The van der Waals surface area contributed by atoms with Crippen LogP contribution in [0.5, 0.6) is 0 Å². The van der Waals surface area contributed by atoms with Crippen LogP contribution in [0.1, 0.15) is 34.3 Å². The van der Waals surface area contributed by atoms with E-state index < -0.39 is 23.8 Å². The smallest absolute Gasteiger partial charge is 0.327 e. The first kappa shape index (κ1) is 20.8. The van der Waals surface area contributed by atoms with Crippen molar-refractivity contribution < 1.29 is 19.5 Å². The normalized spacial score (nSPS) is 11.5. The Morgan fingerprint density at radius 2 is 1.27 bits per heavy atom. The van der Waals surface area contributed by atoms with Crippen LogP contribution in [0.25, 0.3) is 0 Å².